The van der Waals surface area contributed by atoms with Gasteiger partial charge in [0.15, 0.2) is 0 Å². The molecule has 228 valence electrons. The zero-order valence-electron chi connectivity index (χ0n) is 24.3. The average Bonchev–Trinajstić information content (AvgIpc) is 3.70. The third-order valence-corrected chi connectivity index (χ3v) is 6.92. The molecular weight excluding hydrogens is 588 g/mol. The summed E-state index contributed by atoms with van der Waals surface area (Å²) in [6.07, 6.45) is 6.88. The minimum absolute atomic E-state index is 0.164. The van der Waals surface area contributed by atoms with Gasteiger partial charge in [0.2, 0.25) is 12.0 Å². The van der Waals surface area contributed by atoms with Crippen LogP contribution in [0.15, 0.2) is 79.6 Å². The van der Waals surface area contributed by atoms with E-state index in [1.807, 2.05) is 32.2 Å². The molecule has 4 N–H and O–H groups in total. The van der Waals surface area contributed by atoms with Crippen LogP contribution in [-0.2, 0) is 5.92 Å². The van der Waals surface area contributed by atoms with Gasteiger partial charge in [0.05, 0.1) is 29.3 Å². The standard InChI is InChI=1S/C31H26F4N10/c1-17-8-23(41-27(9-17)43-26-12-22(5-7-37-26)31(3,34)35)21-15-40-45(16-21)28-18(2)10-24(20-13-38-39-14-20)42-30(28)44-25-11-19(29(32)33)4-6-36-25/h4-16,29H,1-3H3,(H3,36,37,38,39,41,42,43,44)/p+1. The van der Waals surface area contributed by atoms with Gasteiger partial charge in [0, 0.05) is 47.8 Å². The number of nitrogens with zero attached hydrogens (tertiary/aromatic N) is 6. The van der Waals surface area contributed by atoms with Crippen LogP contribution in [0.4, 0.5) is 40.8 Å². The molecule has 0 aliphatic carbocycles. The van der Waals surface area contributed by atoms with E-state index in [1.165, 1.54) is 36.7 Å². The topological polar surface area (TPSA) is 124 Å². The van der Waals surface area contributed by atoms with Crippen LogP contribution < -0.4 is 15.3 Å². The van der Waals surface area contributed by atoms with Gasteiger partial charge in [0.1, 0.15) is 17.5 Å². The fourth-order valence-electron chi connectivity index (χ4n) is 4.77. The lowest BCUT2D eigenvalue weighted by Gasteiger charge is -2.12. The van der Waals surface area contributed by atoms with Crippen molar-refractivity contribution in [2.24, 2.45) is 0 Å². The van der Waals surface area contributed by atoms with Crippen molar-refractivity contribution in [3.63, 3.8) is 0 Å². The van der Waals surface area contributed by atoms with Crippen LogP contribution in [0.3, 0.4) is 0 Å². The van der Waals surface area contributed by atoms with Gasteiger partial charge in [-0.1, -0.05) is 4.68 Å². The van der Waals surface area contributed by atoms with Crippen LogP contribution >= 0.6 is 0 Å². The monoisotopic (exact) mass is 615 g/mol. The van der Waals surface area contributed by atoms with Crippen molar-refractivity contribution >= 4 is 23.3 Å². The highest BCUT2D eigenvalue weighted by Gasteiger charge is 2.26. The van der Waals surface area contributed by atoms with E-state index in [4.69, 9.17) is 4.98 Å². The highest BCUT2D eigenvalue weighted by molar-refractivity contribution is 5.70. The van der Waals surface area contributed by atoms with E-state index in [0.717, 1.165) is 23.6 Å². The van der Waals surface area contributed by atoms with Crippen LogP contribution in [0.1, 0.15) is 35.6 Å². The lowest BCUT2D eigenvalue weighted by atomic mass is 10.1. The summed E-state index contributed by atoms with van der Waals surface area (Å²) >= 11 is 0. The molecule has 0 aliphatic heterocycles. The molecule has 0 fully saturated rings. The number of halogens is 4. The van der Waals surface area contributed by atoms with Crippen molar-refractivity contribution in [3.8, 4) is 28.2 Å². The van der Waals surface area contributed by atoms with Crippen molar-refractivity contribution in [3.05, 3.63) is 102 Å². The summed E-state index contributed by atoms with van der Waals surface area (Å²) in [5, 5.41) is 16.1. The number of H-pyrrole nitrogens is 2. The Morgan fingerprint density at radius 1 is 0.844 bits per heavy atom. The van der Waals surface area contributed by atoms with Crippen LogP contribution in [0, 0.1) is 13.8 Å². The molecule has 0 saturated heterocycles. The number of hydrogen-bond donors (Lipinski definition) is 4. The van der Waals surface area contributed by atoms with Gasteiger partial charge in [-0.3, -0.25) is 5.10 Å². The molecule has 0 radical (unpaired) electrons. The Morgan fingerprint density at radius 2 is 1.60 bits per heavy atom. The van der Waals surface area contributed by atoms with E-state index < -0.39 is 12.3 Å². The Hall–Kier alpha value is -5.66. The molecule has 0 aliphatic rings. The van der Waals surface area contributed by atoms with Crippen molar-refractivity contribution in [1.82, 2.24) is 35.2 Å². The molecule has 6 aromatic heterocycles. The Balaban J connectivity index is 1.36. The van der Waals surface area contributed by atoms with Crippen molar-refractivity contribution in [2.45, 2.75) is 33.1 Å². The van der Waals surface area contributed by atoms with Crippen LogP contribution in [-0.4, -0.2) is 35.2 Å². The SMILES string of the molecule is Cc1cc(Nc2cc(C(C)(F)F)ccn2)nc(-c2c[nH][n+](-c3c(C)cc(-c4cn[nH]c4)nc3Nc3cc(C(F)F)ccn3)c2)c1. The third-order valence-electron chi connectivity index (χ3n) is 6.92. The Kier molecular flexibility index (Phi) is 7.71. The minimum Gasteiger partial charge on any atom is -0.325 e. The van der Waals surface area contributed by atoms with E-state index in [-0.39, 0.29) is 22.8 Å². The summed E-state index contributed by atoms with van der Waals surface area (Å²) < 4.78 is 56.3. The Labute approximate surface area is 254 Å². The van der Waals surface area contributed by atoms with E-state index >= 15 is 0 Å². The van der Waals surface area contributed by atoms with E-state index in [0.29, 0.717) is 34.3 Å². The summed E-state index contributed by atoms with van der Waals surface area (Å²) in [6.45, 7) is 4.62. The smallest absolute Gasteiger partial charge is 0.280 e. The fourth-order valence-corrected chi connectivity index (χ4v) is 4.77. The number of aromatic amines is 2. The van der Waals surface area contributed by atoms with Gasteiger partial charge in [-0.15, -0.1) is 0 Å². The molecule has 0 aromatic carbocycles. The summed E-state index contributed by atoms with van der Waals surface area (Å²) in [5.41, 5.74) is 4.63. The maximum atomic E-state index is 13.9. The molecule has 6 aromatic rings. The summed E-state index contributed by atoms with van der Waals surface area (Å²) in [5.74, 6) is -1.78. The summed E-state index contributed by atoms with van der Waals surface area (Å²) in [4.78, 5) is 17.8. The Morgan fingerprint density at radius 3 is 2.33 bits per heavy atom. The highest BCUT2D eigenvalue weighted by atomic mass is 19.3. The number of alkyl halides is 4. The summed E-state index contributed by atoms with van der Waals surface area (Å²) in [6, 6.07) is 10.6. The molecule has 0 unspecified atom stereocenters. The molecule has 0 spiro atoms. The minimum atomic E-state index is -3.01. The zero-order chi connectivity index (χ0) is 31.7. The molecule has 0 saturated carbocycles. The second kappa shape index (κ2) is 11.8. The lowest BCUT2D eigenvalue weighted by molar-refractivity contribution is -0.654. The van der Waals surface area contributed by atoms with Crippen molar-refractivity contribution < 1.29 is 22.2 Å². The number of pyridine rings is 4. The number of anilines is 4. The first-order chi connectivity index (χ1) is 21.5. The van der Waals surface area contributed by atoms with Crippen molar-refractivity contribution in [1.29, 1.82) is 0 Å². The second-order valence-electron chi connectivity index (χ2n) is 10.5. The van der Waals surface area contributed by atoms with E-state index in [9.17, 15) is 17.6 Å². The van der Waals surface area contributed by atoms with E-state index in [1.54, 1.807) is 29.3 Å². The molecule has 0 atom stereocenters. The molecule has 6 rings (SSSR count). The van der Waals surface area contributed by atoms with Gasteiger partial charge >= 0.3 is 0 Å². The molecule has 0 amide bonds. The highest BCUT2D eigenvalue weighted by Crippen LogP contribution is 2.31. The second-order valence-corrected chi connectivity index (χ2v) is 10.5. The number of aromatic nitrogens is 8. The van der Waals surface area contributed by atoms with Gasteiger partial charge in [-0.05, 0) is 61.9 Å². The number of nitrogens with one attached hydrogen (secondary N) is 4. The summed E-state index contributed by atoms with van der Waals surface area (Å²) in [7, 11) is 0. The Bertz CT molecular complexity index is 1970. The van der Waals surface area contributed by atoms with Gasteiger partial charge in [-0.25, -0.2) is 37.5 Å². The van der Waals surface area contributed by atoms with Crippen LogP contribution in [0.5, 0.6) is 0 Å². The van der Waals surface area contributed by atoms with Gasteiger partial charge < -0.3 is 10.6 Å². The maximum absolute atomic E-state index is 13.9. The van der Waals surface area contributed by atoms with Gasteiger partial charge in [-0.2, -0.15) is 10.2 Å². The lowest BCUT2D eigenvalue weighted by Crippen LogP contribution is -2.34. The first-order valence-corrected chi connectivity index (χ1v) is 13.8. The van der Waals surface area contributed by atoms with Crippen LogP contribution in [0.25, 0.3) is 28.2 Å². The van der Waals surface area contributed by atoms with Crippen molar-refractivity contribution in [2.75, 3.05) is 10.6 Å². The first kappa shape index (κ1) is 29.4. The van der Waals surface area contributed by atoms with Gasteiger partial charge in [0.25, 0.3) is 18.0 Å². The molecular formula is C31H27F4N10+. The third kappa shape index (κ3) is 6.49. The zero-order valence-corrected chi connectivity index (χ0v) is 24.3. The average molecular weight is 616 g/mol. The number of aryl methyl sites for hydroxylation is 2. The number of hydrogen-bond acceptors (Lipinski definition) is 7. The molecule has 6 heterocycles. The van der Waals surface area contributed by atoms with Crippen LogP contribution in [0.2, 0.25) is 0 Å². The fraction of sp³-hybridized carbons (Fsp3) is 0.161. The predicted molar refractivity (Wildman–Crippen MR) is 160 cm³/mol. The molecule has 10 nitrogen and oxygen atoms in total. The first-order valence-electron chi connectivity index (χ1n) is 13.8. The molecule has 0 bridgehead atoms. The molecule has 45 heavy (non-hydrogen) atoms. The normalized spacial score (nSPS) is 11.6. The quantitative estimate of drug-likeness (QED) is 0.101. The molecule has 14 heteroatoms. The predicted octanol–water partition coefficient (Wildman–Crippen LogP) is 7.08. The largest absolute Gasteiger partial charge is 0.325 e. The van der Waals surface area contributed by atoms with E-state index in [2.05, 4.69) is 40.9 Å². The number of rotatable bonds is 9. The maximum Gasteiger partial charge on any atom is 0.280 e.